The van der Waals surface area contributed by atoms with Crippen molar-refractivity contribution in [1.29, 1.82) is 0 Å². The van der Waals surface area contributed by atoms with Crippen molar-refractivity contribution in [3.05, 3.63) is 69.4 Å². The van der Waals surface area contributed by atoms with E-state index in [9.17, 15) is 10.1 Å². The minimum Gasteiger partial charge on any atom is -0.326 e. The Morgan fingerprint density at radius 1 is 1.22 bits per heavy atom. The van der Waals surface area contributed by atoms with Gasteiger partial charge in [0.05, 0.1) is 16.0 Å². The number of rotatable bonds is 3. The summed E-state index contributed by atoms with van der Waals surface area (Å²) in [7, 11) is 0. The lowest BCUT2D eigenvalue weighted by Crippen LogP contribution is -2.02. The molecule has 23 heavy (non-hydrogen) atoms. The van der Waals surface area contributed by atoms with Crippen LogP contribution in [0.25, 0.3) is 22.0 Å². The molecule has 0 atom stereocenters. The topological polar surface area (TPSA) is 82.0 Å². The normalized spacial score (nSPS) is 10.9. The van der Waals surface area contributed by atoms with Gasteiger partial charge in [-0.1, -0.05) is 35.9 Å². The van der Waals surface area contributed by atoms with E-state index in [1.165, 1.54) is 6.20 Å². The van der Waals surface area contributed by atoms with Crippen molar-refractivity contribution >= 4 is 16.6 Å². The van der Waals surface area contributed by atoms with E-state index < -0.39 is 0 Å². The fourth-order valence-electron chi connectivity index (χ4n) is 3.01. The summed E-state index contributed by atoms with van der Waals surface area (Å²) in [4.78, 5) is 15.5. The molecular formula is C18H17N3O2. The SMILES string of the molecule is Cc1cc(C)c2ncc([N+](=O)[O-])c(-c3ccccc3CN)c2c1. The first kappa shape index (κ1) is 15.1. The molecular weight excluding hydrogens is 290 g/mol. The van der Waals surface area contributed by atoms with E-state index in [2.05, 4.69) is 4.98 Å². The van der Waals surface area contributed by atoms with Crippen LogP contribution in [-0.2, 0) is 6.54 Å². The average molecular weight is 307 g/mol. The summed E-state index contributed by atoms with van der Waals surface area (Å²) < 4.78 is 0. The molecule has 0 unspecified atom stereocenters. The number of pyridine rings is 1. The highest BCUT2D eigenvalue weighted by Crippen LogP contribution is 2.38. The van der Waals surface area contributed by atoms with Crippen LogP contribution in [0.4, 0.5) is 5.69 Å². The van der Waals surface area contributed by atoms with Crippen molar-refractivity contribution in [1.82, 2.24) is 4.98 Å². The molecule has 116 valence electrons. The fourth-order valence-corrected chi connectivity index (χ4v) is 3.01. The van der Waals surface area contributed by atoms with Crippen LogP contribution in [0.3, 0.4) is 0 Å². The molecule has 1 aromatic heterocycles. The molecule has 0 bridgehead atoms. The van der Waals surface area contributed by atoms with Gasteiger partial charge in [-0.05, 0) is 36.6 Å². The Bertz CT molecular complexity index is 920. The third-order valence-electron chi connectivity index (χ3n) is 3.99. The molecule has 5 nitrogen and oxygen atoms in total. The van der Waals surface area contributed by atoms with Crippen molar-refractivity contribution in [3.8, 4) is 11.1 Å². The summed E-state index contributed by atoms with van der Waals surface area (Å²) in [6, 6.07) is 11.5. The van der Waals surface area contributed by atoms with E-state index in [1.54, 1.807) is 0 Å². The third-order valence-corrected chi connectivity index (χ3v) is 3.99. The van der Waals surface area contributed by atoms with Crippen LogP contribution in [0.1, 0.15) is 16.7 Å². The van der Waals surface area contributed by atoms with Crippen molar-refractivity contribution in [2.75, 3.05) is 0 Å². The van der Waals surface area contributed by atoms with E-state index >= 15 is 0 Å². The van der Waals surface area contributed by atoms with Crippen molar-refractivity contribution < 1.29 is 4.92 Å². The first-order valence-electron chi connectivity index (χ1n) is 7.35. The molecule has 1 heterocycles. The van der Waals surface area contributed by atoms with Gasteiger partial charge in [0, 0.05) is 11.9 Å². The largest absolute Gasteiger partial charge is 0.326 e. The van der Waals surface area contributed by atoms with Crippen molar-refractivity contribution in [3.63, 3.8) is 0 Å². The minimum absolute atomic E-state index is 0.00315. The molecule has 0 amide bonds. The molecule has 0 saturated heterocycles. The van der Waals surface area contributed by atoms with Crippen LogP contribution in [-0.4, -0.2) is 9.91 Å². The predicted molar refractivity (Wildman–Crippen MR) is 91.2 cm³/mol. The van der Waals surface area contributed by atoms with Crippen LogP contribution in [0.15, 0.2) is 42.6 Å². The van der Waals surface area contributed by atoms with Gasteiger partial charge in [-0.3, -0.25) is 10.1 Å². The lowest BCUT2D eigenvalue weighted by atomic mass is 9.93. The van der Waals surface area contributed by atoms with Gasteiger partial charge in [0.1, 0.15) is 6.20 Å². The zero-order chi connectivity index (χ0) is 16.6. The van der Waals surface area contributed by atoms with Crippen LogP contribution in [0.2, 0.25) is 0 Å². The number of benzene rings is 2. The molecule has 0 fully saturated rings. The molecule has 0 saturated carbocycles. The van der Waals surface area contributed by atoms with Gasteiger partial charge in [0.25, 0.3) is 5.69 Å². The highest BCUT2D eigenvalue weighted by atomic mass is 16.6. The number of nitro groups is 1. The summed E-state index contributed by atoms with van der Waals surface area (Å²) in [6.45, 7) is 4.26. The van der Waals surface area contributed by atoms with E-state index in [0.717, 1.165) is 33.2 Å². The zero-order valence-electron chi connectivity index (χ0n) is 13.0. The second-order valence-electron chi connectivity index (χ2n) is 5.61. The fraction of sp³-hybridized carbons (Fsp3) is 0.167. The molecule has 0 aliphatic carbocycles. The van der Waals surface area contributed by atoms with E-state index in [4.69, 9.17) is 5.73 Å². The third kappa shape index (κ3) is 2.55. The number of nitrogens with two attached hydrogens (primary N) is 1. The Morgan fingerprint density at radius 3 is 2.65 bits per heavy atom. The predicted octanol–water partition coefficient (Wildman–Crippen LogP) is 3.89. The molecule has 5 heteroatoms. The first-order valence-corrected chi connectivity index (χ1v) is 7.35. The molecule has 0 aliphatic rings. The Labute approximate surface area is 133 Å². The van der Waals surface area contributed by atoms with Gasteiger partial charge >= 0.3 is 0 Å². The molecule has 0 aliphatic heterocycles. The van der Waals surface area contributed by atoms with E-state index in [1.807, 2.05) is 50.2 Å². The van der Waals surface area contributed by atoms with Crippen LogP contribution >= 0.6 is 0 Å². The van der Waals surface area contributed by atoms with Crippen molar-refractivity contribution in [2.24, 2.45) is 5.73 Å². The Morgan fingerprint density at radius 2 is 1.96 bits per heavy atom. The summed E-state index contributed by atoms with van der Waals surface area (Å²) >= 11 is 0. The van der Waals surface area contributed by atoms with Gasteiger partial charge < -0.3 is 5.73 Å². The average Bonchev–Trinajstić information content (AvgIpc) is 2.53. The lowest BCUT2D eigenvalue weighted by molar-refractivity contribution is -0.384. The van der Waals surface area contributed by atoms with Gasteiger partial charge in [0.15, 0.2) is 0 Å². The number of aryl methyl sites for hydroxylation is 2. The summed E-state index contributed by atoms with van der Waals surface area (Å²) in [5.74, 6) is 0. The molecule has 0 radical (unpaired) electrons. The zero-order valence-corrected chi connectivity index (χ0v) is 13.0. The van der Waals surface area contributed by atoms with Gasteiger partial charge in [-0.25, -0.2) is 4.98 Å². The maximum Gasteiger partial charge on any atom is 0.295 e. The van der Waals surface area contributed by atoms with Gasteiger partial charge in [-0.2, -0.15) is 0 Å². The summed E-state index contributed by atoms with van der Waals surface area (Å²) in [6.07, 6.45) is 1.34. The smallest absolute Gasteiger partial charge is 0.295 e. The molecule has 0 spiro atoms. The highest BCUT2D eigenvalue weighted by Gasteiger charge is 2.22. The Balaban J connectivity index is 2.50. The number of nitrogens with zero attached hydrogens (tertiary/aromatic N) is 2. The number of hydrogen-bond acceptors (Lipinski definition) is 4. The number of aromatic nitrogens is 1. The molecule has 3 rings (SSSR count). The van der Waals surface area contributed by atoms with E-state index in [0.29, 0.717) is 12.1 Å². The summed E-state index contributed by atoms with van der Waals surface area (Å²) in [5, 5.41) is 12.3. The maximum atomic E-state index is 11.5. The Kier molecular flexibility index (Phi) is 3.80. The van der Waals surface area contributed by atoms with Crippen LogP contribution < -0.4 is 5.73 Å². The second kappa shape index (κ2) is 5.78. The monoisotopic (exact) mass is 307 g/mol. The first-order chi connectivity index (χ1) is 11.0. The van der Waals surface area contributed by atoms with Crippen LogP contribution in [0, 0.1) is 24.0 Å². The van der Waals surface area contributed by atoms with Gasteiger partial charge in [0.2, 0.25) is 0 Å². The number of hydrogen-bond donors (Lipinski definition) is 1. The minimum atomic E-state index is -0.382. The quantitative estimate of drug-likeness (QED) is 0.588. The van der Waals surface area contributed by atoms with Gasteiger partial charge in [-0.15, -0.1) is 0 Å². The van der Waals surface area contributed by atoms with Crippen molar-refractivity contribution in [2.45, 2.75) is 20.4 Å². The molecule has 2 aromatic carbocycles. The highest BCUT2D eigenvalue weighted by molar-refractivity contribution is 6.01. The molecule has 3 aromatic rings. The van der Waals surface area contributed by atoms with E-state index in [-0.39, 0.29) is 10.6 Å². The Hall–Kier alpha value is -2.79. The number of fused-ring (bicyclic) bond motifs is 1. The van der Waals surface area contributed by atoms with Crippen LogP contribution in [0.5, 0.6) is 0 Å². The standard InChI is InChI=1S/C18H17N3O2/c1-11-7-12(2)18-15(8-11)17(16(10-20-18)21(22)23)14-6-4-3-5-13(14)9-19/h3-8,10H,9,19H2,1-2H3. The summed E-state index contributed by atoms with van der Waals surface area (Å²) in [5.41, 5.74) is 10.9. The lowest BCUT2D eigenvalue weighted by Gasteiger charge is -2.13. The molecule has 2 N–H and O–H groups in total. The maximum absolute atomic E-state index is 11.5. The second-order valence-corrected chi connectivity index (χ2v) is 5.61.